The molecule has 0 amide bonds. The van der Waals surface area contributed by atoms with E-state index in [1.807, 2.05) is 12.1 Å². The van der Waals surface area contributed by atoms with Crippen LogP contribution in [0.3, 0.4) is 0 Å². The van der Waals surface area contributed by atoms with Gasteiger partial charge >= 0.3 is 0 Å². The fourth-order valence-corrected chi connectivity index (χ4v) is 4.35. The number of hydrogen-bond acceptors (Lipinski definition) is 4. The summed E-state index contributed by atoms with van der Waals surface area (Å²) in [5, 5.41) is 7.54. The molecule has 9 heteroatoms. The predicted molar refractivity (Wildman–Crippen MR) is 121 cm³/mol. The van der Waals surface area contributed by atoms with Gasteiger partial charge in [-0.15, -0.1) is 35.3 Å². The molecule has 1 fully saturated rings. The molecule has 3 heterocycles. The minimum absolute atomic E-state index is 0. The summed E-state index contributed by atoms with van der Waals surface area (Å²) >= 11 is 11.4. The van der Waals surface area contributed by atoms with Gasteiger partial charge in [0.2, 0.25) is 0 Å². The summed E-state index contributed by atoms with van der Waals surface area (Å²) in [6.07, 6.45) is 2.81. The summed E-state index contributed by atoms with van der Waals surface area (Å²) in [6, 6.07) is 8.22. The fraction of sp³-hybridized carbons (Fsp3) is 0.375. The molecule has 0 aliphatic carbocycles. The average Bonchev–Trinajstić information content (AvgIpc) is 3.21. The van der Waals surface area contributed by atoms with Crippen molar-refractivity contribution in [2.75, 3.05) is 25.0 Å². The van der Waals surface area contributed by atoms with Crippen molar-refractivity contribution in [3.8, 4) is 0 Å². The van der Waals surface area contributed by atoms with E-state index in [9.17, 15) is 0 Å². The second-order valence-corrected chi connectivity index (χ2v) is 8.47. The first-order chi connectivity index (χ1) is 11.7. The van der Waals surface area contributed by atoms with Crippen molar-refractivity contribution in [3.05, 3.63) is 44.1 Å². The van der Waals surface area contributed by atoms with Gasteiger partial charge in [-0.05, 0) is 46.6 Å². The molecule has 1 atom stereocenters. The number of pyridine rings is 1. The van der Waals surface area contributed by atoms with Crippen LogP contribution in [0.2, 0.25) is 5.02 Å². The number of aromatic nitrogens is 1. The van der Waals surface area contributed by atoms with Crippen LogP contribution in [0.25, 0.3) is 0 Å². The molecular weight excluding hydrogens is 537 g/mol. The molecule has 0 spiro atoms. The Morgan fingerprint density at radius 3 is 3.00 bits per heavy atom. The largest absolute Gasteiger partial charge is 0.353 e. The number of aliphatic imine (C=N–C) groups is 1. The van der Waals surface area contributed by atoms with Gasteiger partial charge in [-0.3, -0.25) is 4.99 Å². The lowest BCUT2D eigenvalue weighted by Gasteiger charge is -2.20. The molecule has 1 aliphatic heterocycles. The minimum Gasteiger partial charge on any atom is -0.353 e. The molecule has 5 nitrogen and oxygen atoms in total. The van der Waals surface area contributed by atoms with Crippen LogP contribution in [0.5, 0.6) is 0 Å². The Bertz CT molecular complexity index is 726. The van der Waals surface area contributed by atoms with Crippen molar-refractivity contribution in [2.24, 2.45) is 4.99 Å². The number of nitrogens with zero attached hydrogens (tertiary/aromatic N) is 3. The summed E-state index contributed by atoms with van der Waals surface area (Å²) in [6.45, 7) is 2.56. The highest BCUT2D eigenvalue weighted by atomic mass is 127. The van der Waals surface area contributed by atoms with Crippen LogP contribution in [0, 0.1) is 0 Å². The molecule has 1 unspecified atom stereocenters. The van der Waals surface area contributed by atoms with Gasteiger partial charge in [0.05, 0.1) is 15.4 Å². The lowest BCUT2D eigenvalue weighted by atomic mass is 10.3. The molecule has 25 heavy (non-hydrogen) atoms. The molecule has 0 bridgehead atoms. The van der Waals surface area contributed by atoms with E-state index in [0.29, 0.717) is 11.1 Å². The standard InChI is InChI=1S/C16H19BrClN5S.HI/c1-19-16(21-9-12-4-5-14(17)24-12)22-11-6-8-23(10-11)15-13(18)3-2-7-20-15;/h2-5,7,11H,6,8-10H2,1H3,(H2,19,21,22);1H. The maximum atomic E-state index is 6.24. The van der Waals surface area contributed by atoms with E-state index >= 15 is 0 Å². The first-order valence-electron chi connectivity index (χ1n) is 7.72. The topological polar surface area (TPSA) is 52.6 Å². The van der Waals surface area contributed by atoms with Crippen molar-refractivity contribution in [1.82, 2.24) is 15.6 Å². The summed E-state index contributed by atoms with van der Waals surface area (Å²) in [5.74, 6) is 1.67. The molecular formula is C16H20BrClIN5S. The number of hydrogen-bond donors (Lipinski definition) is 2. The van der Waals surface area contributed by atoms with Gasteiger partial charge in [-0.25, -0.2) is 4.98 Å². The molecule has 3 rings (SSSR count). The Morgan fingerprint density at radius 1 is 1.48 bits per heavy atom. The molecule has 1 saturated heterocycles. The molecule has 1 aliphatic rings. The van der Waals surface area contributed by atoms with Crippen molar-refractivity contribution in [1.29, 1.82) is 0 Å². The molecule has 2 aromatic heterocycles. The molecule has 136 valence electrons. The molecule has 0 saturated carbocycles. The van der Waals surface area contributed by atoms with Crippen LogP contribution in [-0.2, 0) is 6.54 Å². The van der Waals surface area contributed by atoms with Crippen LogP contribution in [0.15, 0.2) is 39.2 Å². The van der Waals surface area contributed by atoms with E-state index < -0.39 is 0 Å². The summed E-state index contributed by atoms with van der Waals surface area (Å²) in [4.78, 5) is 12.2. The first kappa shape index (κ1) is 20.7. The Morgan fingerprint density at radius 2 is 2.32 bits per heavy atom. The maximum Gasteiger partial charge on any atom is 0.191 e. The number of anilines is 1. The van der Waals surface area contributed by atoms with Crippen molar-refractivity contribution in [2.45, 2.75) is 19.0 Å². The smallest absolute Gasteiger partial charge is 0.191 e. The van der Waals surface area contributed by atoms with Gasteiger partial charge in [-0.1, -0.05) is 11.6 Å². The van der Waals surface area contributed by atoms with Gasteiger partial charge in [0.15, 0.2) is 5.96 Å². The van der Waals surface area contributed by atoms with Gasteiger partial charge in [0.25, 0.3) is 0 Å². The van der Waals surface area contributed by atoms with Crippen LogP contribution in [0.4, 0.5) is 5.82 Å². The molecule has 2 aromatic rings. The van der Waals surface area contributed by atoms with Crippen LogP contribution < -0.4 is 15.5 Å². The zero-order chi connectivity index (χ0) is 16.9. The van der Waals surface area contributed by atoms with Crippen LogP contribution in [0.1, 0.15) is 11.3 Å². The zero-order valence-corrected chi connectivity index (χ0v) is 19.2. The van der Waals surface area contributed by atoms with Crippen molar-refractivity contribution in [3.63, 3.8) is 0 Å². The zero-order valence-electron chi connectivity index (χ0n) is 13.7. The lowest BCUT2D eigenvalue weighted by molar-refractivity contribution is 0.649. The highest BCUT2D eigenvalue weighted by Gasteiger charge is 2.25. The van der Waals surface area contributed by atoms with E-state index in [2.05, 4.69) is 53.6 Å². The Kier molecular flexibility index (Phi) is 8.24. The number of rotatable bonds is 4. The molecule has 0 aromatic carbocycles. The summed E-state index contributed by atoms with van der Waals surface area (Å²) in [5.41, 5.74) is 0. The van der Waals surface area contributed by atoms with Crippen LogP contribution in [-0.4, -0.2) is 37.1 Å². The van der Waals surface area contributed by atoms with E-state index in [4.69, 9.17) is 11.6 Å². The normalized spacial score (nSPS) is 17.3. The fourth-order valence-electron chi connectivity index (χ4n) is 2.69. The average molecular weight is 557 g/mol. The number of nitrogens with one attached hydrogen (secondary N) is 2. The first-order valence-corrected chi connectivity index (χ1v) is 9.71. The Hall–Kier alpha value is -0.580. The highest BCUT2D eigenvalue weighted by Crippen LogP contribution is 2.25. The van der Waals surface area contributed by atoms with E-state index in [1.54, 1.807) is 24.6 Å². The number of guanidine groups is 1. The van der Waals surface area contributed by atoms with Crippen molar-refractivity contribution >= 4 is 74.6 Å². The van der Waals surface area contributed by atoms with Crippen molar-refractivity contribution < 1.29 is 0 Å². The number of thiophene rings is 1. The van der Waals surface area contributed by atoms with E-state index in [0.717, 1.165) is 41.6 Å². The Labute approximate surface area is 182 Å². The summed E-state index contributed by atoms with van der Waals surface area (Å²) < 4.78 is 1.14. The second kappa shape index (κ2) is 9.94. The third-order valence-electron chi connectivity index (χ3n) is 3.85. The number of halogens is 3. The predicted octanol–water partition coefficient (Wildman–Crippen LogP) is 4.12. The van der Waals surface area contributed by atoms with Gasteiger partial charge in [0.1, 0.15) is 5.82 Å². The maximum absolute atomic E-state index is 6.24. The van der Waals surface area contributed by atoms with Gasteiger partial charge in [-0.2, -0.15) is 0 Å². The molecule has 2 N–H and O–H groups in total. The SMILES string of the molecule is CN=C(NCc1ccc(Br)s1)NC1CCN(c2ncccc2Cl)C1.I. The third kappa shape index (κ3) is 5.70. The third-order valence-corrected chi connectivity index (χ3v) is 5.77. The Balaban J connectivity index is 0.00000225. The van der Waals surface area contributed by atoms with Crippen LogP contribution >= 0.6 is 62.8 Å². The van der Waals surface area contributed by atoms with E-state index in [-0.39, 0.29) is 24.0 Å². The highest BCUT2D eigenvalue weighted by molar-refractivity contribution is 14.0. The monoisotopic (exact) mass is 555 g/mol. The van der Waals surface area contributed by atoms with Gasteiger partial charge < -0.3 is 15.5 Å². The quantitative estimate of drug-likeness (QED) is 0.338. The summed E-state index contributed by atoms with van der Waals surface area (Å²) in [7, 11) is 1.79. The van der Waals surface area contributed by atoms with Gasteiger partial charge in [0, 0.05) is 37.3 Å². The molecule has 0 radical (unpaired) electrons. The minimum atomic E-state index is 0. The second-order valence-electron chi connectivity index (χ2n) is 5.52. The van der Waals surface area contributed by atoms with E-state index in [1.165, 1.54) is 4.88 Å². The lowest BCUT2D eigenvalue weighted by Crippen LogP contribution is -2.44.